The van der Waals surface area contributed by atoms with Gasteiger partial charge in [0.1, 0.15) is 6.23 Å². The van der Waals surface area contributed by atoms with E-state index in [0.29, 0.717) is 12.0 Å². The Kier molecular flexibility index (Phi) is 4.42. The van der Waals surface area contributed by atoms with Gasteiger partial charge in [0.2, 0.25) is 0 Å². The smallest absolute Gasteiger partial charge is 0.333 e. The third-order valence-corrected chi connectivity index (χ3v) is 3.73. The molecule has 0 unspecified atom stereocenters. The Morgan fingerprint density at radius 1 is 1.45 bits per heavy atom. The van der Waals surface area contributed by atoms with E-state index in [-0.39, 0.29) is 30.8 Å². The van der Waals surface area contributed by atoms with Gasteiger partial charge in [0, 0.05) is 30.7 Å². The maximum Gasteiger partial charge on any atom is 0.333 e. The van der Waals surface area contributed by atoms with Crippen LogP contribution in [0.15, 0.2) is 49.4 Å². The summed E-state index contributed by atoms with van der Waals surface area (Å²) >= 11 is 0. The summed E-state index contributed by atoms with van der Waals surface area (Å²) in [7, 11) is 0. The number of carboxylic acids is 1. The Bertz CT molecular complexity index is 468. The molecule has 1 saturated heterocycles. The summed E-state index contributed by atoms with van der Waals surface area (Å²) < 4.78 is 5.83. The lowest BCUT2D eigenvalue weighted by Crippen LogP contribution is -2.33. The van der Waals surface area contributed by atoms with Crippen molar-refractivity contribution in [3.8, 4) is 0 Å². The summed E-state index contributed by atoms with van der Waals surface area (Å²) in [5.41, 5.74) is 0.307. The van der Waals surface area contributed by atoms with Crippen molar-refractivity contribution < 1.29 is 19.7 Å². The fraction of sp³-hybridized carbons (Fsp3) is 0.400. The van der Waals surface area contributed by atoms with Gasteiger partial charge in [0.05, 0.1) is 18.3 Å². The van der Waals surface area contributed by atoms with Crippen molar-refractivity contribution in [1.29, 1.82) is 0 Å². The summed E-state index contributed by atoms with van der Waals surface area (Å²) in [6.45, 7) is 7.48. The van der Waals surface area contributed by atoms with Crippen LogP contribution in [-0.2, 0) is 9.53 Å². The first kappa shape index (κ1) is 14.6. The van der Waals surface area contributed by atoms with E-state index in [1.54, 1.807) is 35.5 Å². The van der Waals surface area contributed by atoms with Gasteiger partial charge in [0.15, 0.2) is 0 Å². The first-order valence-electron chi connectivity index (χ1n) is 6.52. The quantitative estimate of drug-likeness (QED) is 0.745. The highest BCUT2D eigenvalue weighted by molar-refractivity contribution is 5.87. The molecule has 5 heteroatoms. The molecule has 0 aromatic heterocycles. The van der Waals surface area contributed by atoms with Gasteiger partial charge < -0.3 is 19.8 Å². The van der Waals surface area contributed by atoms with Crippen LogP contribution in [-0.4, -0.2) is 40.0 Å². The van der Waals surface area contributed by atoms with Gasteiger partial charge in [-0.3, -0.25) is 0 Å². The molecule has 0 radical (unpaired) electrons. The summed E-state index contributed by atoms with van der Waals surface area (Å²) in [5.74, 6) is -1.04. The molecular weight excluding hydrogens is 258 g/mol. The molecular formula is C15H19NO4. The molecule has 20 heavy (non-hydrogen) atoms. The van der Waals surface area contributed by atoms with Crippen LogP contribution in [0.3, 0.4) is 0 Å². The molecule has 2 aliphatic heterocycles. The molecule has 2 N–H and O–H groups in total. The number of allylic oxidation sites excluding steroid dienone is 1. The molecule has 0 aromatic carbocycles. The standard InChI is InChI=1S/C15H19NO4/c1-3-11-12(4-2)14(20-13(11)9-17)16-7-5-6-10(8-16)15(18)19/h3-5,7-8,11-14,17H,1-2,6,9H2,(H,18,19)/t11-,12+,13+,14+/m0/s1. The third kappa shape index (κ3) is 2.55. The second-order valence-electron chi connectivity index (χ2n) is 4.87. The maximum atomic E-state index is 11.1. The van der Waals surface area contributed by atoms with Gasteiger partial charge in [-0.25, -0.2) is 4.79 Å². The SMILES string of the molecule is C=C[C@@H]1[C@H](C=C)[C@@H](CO)O[C@H]1N1C=CCC(C(=O)O)=C1. The molecule has 0 aromatic rings. The first-order chi connectivity index (χ1) is 9.62. The molecule has 0 aliphatic carbocycles. The van der Waals surface area contributed by atoms with E-state index < -0.39 is 5.97 Å². The number of carbonyl (C=O) groups is 1. The lowest BCUT2D eigenvalue weighted by molar-refractivity contribution is -0.132. The second-order valence-corrected chi connectivity index (χ2v) is 4.87. The zero-order valence-electron chi connectivity index (χ0n) is 11.2. The van der Waals surface area contributed by atoms with Gasteiger partial charge in [-0.15, -0.1) is 13.2 Å². The minimum absolute atomic E-state index is 0.0421. The molecule has 0 amide bonds. The van der Waals surface area contributed by atoms with Crippen molar-refractivity contribution in [2.75, 3.05) is 6.61 Å². The number of hydrogen-bond donors (Lipinski definition) is 2. The van der Waals surface area contributed by atoms with E-state index in [1.807, 2.05) is 0 Å². The fourth-order valence-corrected chi connectivity index (χ4v) is 2.69. The van der Waals surface area contributed by atoms with Gasteiger partial charge in [-0.1, -0.05) is 18.2 Å². The van der Waals surface area contributed by atoms with E-state index >= 15 is 0 Å². The normalized spacial score (nSPS) is 32.9. The van der Waals surface area contributed by atoms with Crippen LogP contribution in [0.5, 0.6) is 0 Å². The third-order valence-electron chi connectivity index (χ3n) is 3.73. The zero-order valence-corrected chi connectivity index (χ0v) is 11.2. The number of nitrogens with zero attached hydrogens (tertiary/aromatic N) is 1. The van der Waals surface area contributed by atoms with Crippen molar-refractivity contribution >= 4 is 5.97 Å². The Morgan fingerprint density at radius 2 is 2.15 bits per heavy atom. The van der Waals surface area contributed by atoms with Crippen LogP contribution in [0.2, 0.25) is 0 Å². The van der Waals surface area contributed by atoms with E-state index in [9.17, 15) is 9.90 Å². The van der Waals surface area contributed by atoms with Crippen molar-refractivity contribution in [1.82, 2.24) is 4.90 Å². The molecule has 2 aliphatic rings. The number of rotatable bonds is 5. The van der Waals surface area contributed by atoms with Crippen molar-refractivity contribution in [3.63, 3.8) is 0 Å². The zero-order chi connectivity index (χ0) is 14.7. The first-order valence-corrected chi connectivity index (χ1v) is 6.52. The number of hydrogen-bond acceptors (Lipinski definition) is 4. The van der Waals surface area contributed by atoms with Gasteiger partial charge >= 0.3 is 5.97 Å². The molecule has 4 atom stereocenters. The molecule has 5 nitrogen and oxygen atoms in total. The van der Waals surface area contributed by atoms with E-state index in [0.717, 1.165) is 0 Å². The Balaban J connectivity index is 2.25. The van der Waals surface area contributed by atoms with Crippen molar-refractivity contribution in [3.05, 3.63) is 49.4 Å². The topological polar surface area (TPSA) is 70.0 Å². The van der Waals surface area contributed by atoms with E-state index in [1.165, 1.54) is 0 Å². The van der Waals surface area contributed by atoms with Crippen molar-refractivity contribution in [2.45, 2.75) is 18.8 Å². The number of carboxylic acid groups (broad SMARTS) is 1. The number of aliphatic hydroxyl groups excluding tert-OH is 1. The number of aliphatic hydroxyl groups is 1. The predicted octanol–water partition coefficient (Wildman–Crippen LogP) is 1.50. The van der Waals surface area contributed by atoms with Gasteiger partial charge in [-0.2, -0.15) is 0 Å². The highest BCUT2D eigenvalue weighted by atomic mass is 16.5. The Labute approximate surface area is 118 Å². The van der Waals surface area contributed by atoms with Crippen LogP contribution in [0, 0.1) is 11.8 Å². The van der Waals surface area contributed by atoms with Crippen LogP contribution < -0.4 is 0 Å². The average Bonchev–Trinajstić information content (AvgIpc) is 2.84. The molecule has 0 bridgehead atoms. The maximum absolute atomic E-state index is 11.1. The number of ether oxygens (including phenoxy) is 1. The van der Waals surface area contributed by atoms with E-state index in [2.05, 4.69) is 13.2 Å². The highest BCUT2D eigenvalue weighted by Crippen LogP contribution is 2.37. The minimum atomic E-state index is -0.938. The minimum Gasteiger partial charge on any atom is -0.478 e. The van der Waals surface area contributed by atoms with Crippen LogP contribution in [0.25, 0.3) is 0 Å². The van der Waals surface area contributed by atoms with Crippen LogP contribution >= 0.6 is 0 Å². The summed E-state index contributed by atoms with van der Waals surface area (Å²) in [6, 6.07) is 0. The average molecular weight is 277 g/mol. The summed E-state index contributed by atoms with van der Waals surface area (Å²) in [4.78, 5) is 12.8. The van der Waals surface area contributed by atoms with Crippen molar-refractivity contribution in [2.24, 2.45) is 11.8 Å². The lowest BCUT2D eigenvalue weighted by Gasteiger charge is -2.29. The van der Waals surface area contributed by atoms with Crippen LogP contribution in [0.4, 0.5) is 0 Å². The Morgan fingerprint density at radius 3 is 2.70 bits per heavy atom. The molecule has 0 spiro atoms. The van der Waals surface area contributed by atoms with Gasteiger partial charge in [-0.05, 0) is 0 Å². The van der Waals surface area contributed by atoms with Crippen LogP contribution in [0.1, 0.15) is 6.42 Å². The number of aliphatic carboxylic acids is 1. The Hall–Kier alpha value is -1.85. The highest BCUT2D eigenvalue weighted by Gasteiger charge is 2.43. The molecule has 2 rings (SSSR count). The molecule has 0 saturated carbocycles. The molecule has 108 valence electrons. The second kappa shape index (κ2) is 6.07. The predicted molar refractivity (Wildman–Crippen MR) is 74.4 cm³/mol. The van der Waals surface area contributed by atoms with Gasteiger partial charge in [0.25, 0.3) is 0 Å². The lowest BCUT2D eigenvalue weighted by atomic mass is 9.89. The molecule has 2 heterocycles. The fourth-order valence-electron chi connectivity index (χ4n) is 2.69. The van der Waals surface area contributed by atoms with E-state index in [4.69, 9.17) is 9.84 Å². The summed E-state index contributed by atoms with van der Waals surface area (Å²) in [5, 5.41) is 18.5. The monoisotopic (exact) mass is 277 g/mol. The molecule has 1 fully saturated rings. The summed E-state index contributed by atoms with van der Waals surface area (Å²) in [6.07, 6.45) is 8.34. The largest absolute Gasteiger partial charge is 0.478 e.